The van der Waals surface area contributed by atoms with E-state index in [2.05, 4.69) is 40.5 Å². The van der Waals surface area contributed by atoms with Gasteiger partial charge in [-0.2, -0.15) is 12.6 Å². The molecule has 0 unspecified atom stereocenters. The normalized spacial score (nSPS) is 10.6. The lowest BCUT2D eigenvalue weighted by molar-refractivity contribution is -0.696. The summed E-state index contributed by atoms with van der Waals surface area (Å²) in [6.45, 7) is 2.84. The molecule has 2 N–H and O–H groups in total. The zero-order valence-corrected chi connectivity index (χ0v) is 8.79. The van der Waals surface area contributed by atoms with Gasteiger partial charge in [-0.1, -0.05) is 0 Å². The Balaban J connectivity index is 2.31. The van der Waals surface area contributed by atoms with Crippen LogP contribution < -0.4 is 10.3 Å². The molecular formula is C9H18N3S+. The van der Waals surface area contributed by atoms with Crippen LogP contribution in [0, 0.1) is 0 Å². The molecule has 74 valence electrons. The van der Waals surface area contributed by atoms with E-state index < -0.39 is 0 Å². The third-order valence-corrected chi connectivity index (χ3v) is 2.17. The molecular weight excluding hydrogens is 182 g/mol. The number of nitrogens with two attached hydrogens (primary N) is 1. The van der Waals surface area contributed by atoms with Crippen molar-refractivity contribution in [3.8, 4) is 0 Å². The molecule has 0 atom stereocenters. The zero-order chi connectivity index (χ0) is 9.52. The zero-order valence-electron chi connectivity index (χ0n) is 7.89. The Hall–Kier alpha value is -0.480. The van der Waals surface area contributed by atoms with E-state index in [9.17, 15) is 0 Å². The molecule has 0 aliphatic carbocycles. The first-order valence-electron chi connectivity index (χ1n) is 4.72. The Morgan fingerprint density at radius 1 is 1.38 bits per heavy atom. The summed E-state index contributed by atoms with van der Waals surface area (Å²) < 4.78 is 4.34. The first-order valence-corrected chi connectivity index (χ1v) is 5.36. The molecule has 1 heterocycles. The van der Waals surface area contributed by atoms with Crippen molar-refractivity contribution >= 4 is 12.6 Å². The number of hydrogen-bond acceptors (Lipinski definition) is 2. The standard InChI is InChI=1S/C9H17N3S/c10-3-1-2-4-11-5-6-12(9-11)7-8-13/h5-6,9H,1-4,7-8,10H2/p+1. The fraction of sp³-hybridized carbons (Fsp3) is 0.667. The average Bonchev–Trinajstić information content (AvgIpc) is 2.54. The van der Waals surface area contributed by atoms with Crippen LogP contribution in [0.3, 0.4) is 0 Å². The van der Waals surface area contributed by atoms with Gasteiger partial charge in [-0.05, 0) is 19.4 Å². The molecule has 0 bridgehead atoms. The molecule has 0 amide bonds. The quantitative estimate of drug-likeness (QED) is 0.390. The summed E-state index contributed by atoms with van der Waals surface area (Å²) >= 11 is 4.18. The lowest BCUT2D eigenvalue weighted by atomic mass is 10.3. The topological polar surface area (TPSA) is 34.8 Å². The number of imidazole rings is 1. The van der Waals surface area contributed by atoms with Crippen LogP contribution in [0.1, 0.15) is 12.8 Å². The maximum absolute atomic E-state index is 5.42. The molecule has 0 fully saturated rings. The minimum atomic E-state index is 0.790. The van der Waals surface area contributed by atoms with Gasteiger partial charge in [-0.3, -0.25) is 0 Å². The second kappa shape index (κ2) is 6.05. The largest absolute Gasteiger partial charge is 0.330 e. The van der Waals surface area contributed by atoms with Crippen LogP contribution in [0.25, 0.3) is 0 Å². The van der Waals surface area contributed by atoms with Crippen LogP contribution in [-0.4, -0.2) is 16.9 Å². The van der Waals surface area contributed by atoms with E-state index in [1.165, 1.54) is 0 Å². The third kappa shape index (κ3) is 3.83. The average molecular weight is 200 g/mol. The number of thiol groups is 1. The number of unbranched alkanes of at least 4 members (excludes halogenated alkanes) is 1. The van der Waals surface area contributed by atoms with E-state index in [0.29, 0.717) is 0 Å². The predicted octanol–water partition coefficient (Wildman–Crippen LogP) is 0.444. The lowest BCUT2D eigenvalue weighted by Gasteiger charge is -1.94. The lowest BCUT2D eigenvalue weighted by Crippen LogP contribution is -2.31. The number of nitrogens with zero attached hydrogens (tertiary/aromatic N) is 2. The highest BCUT2D eigenvalue weighted by molar-refractivity contribution is 7.80. The van der Waals surface area contributed by atoms with Gasteiger partial charge in [0.1, 0.15) is 12.4 Å². The van der Waals surface area contributed by atoms with Gasteiger partial charge in [0.2, 0.25) is 6.33 Å². The van der Waals surface area contributed by atoms with Gasteiger partial charge >= 0.3 is 0 Å². The fourth-order valence-electron chi connectivity index (χ4n) is 1.26. The first kappa shape index (κ1) is 10.6. The Bertz CT molecular complexity index is 235. The Morgan fingerprint density at radius 2 is 2.23 bits per heavy atom. The van der Waals surface area contributed by atoms with Crippen molar-refractivity contribution in [2.24, 2.45) is 5.73 Å². The van der Waals surface area contributed by atoms with Gasteiger partial charge in [-0.25, -0.2) is 9.13 Å². The van der Waals surface area contributed by atoms with Gasteiger partial charge in [0.25, 0.3) is 0 Å². The molecule has 13 heavy (non-hydrogen) atoms. The minimum absolute atomic E-state index is 0.790. The van der Waals surface area contributed by atoms with Crippen molar-refractivity contribution < 1.29 is 4.57 Å². The van der Waals surface area contributed by atoms with E-state index in [-0.39, 0.29) is 0 Å². The van der Waals surface area contributed by atoms with Crippen LogP contribution in [0.4, 0.5) is 0 Å². The Morgan fingerprint density at radius 3 is 2.92 bits per heavy atom. The SMILES string of the molecule is NCCCC[n+]1ccn(CCS)c1. The molecule has 0 aliphatic rings. The number of hydrogen-bond donors (Lipinski definition) is 2. The molecule has 1 rings (SSSR count). The summed E-state index contributed by atoms with van der Waals surface area (Å²) in [5.41, 5.74) is 5.42. The highest BCUT2D eigenvalue weighted by Crippen LogP contribution is 1.89. The molecule has 1 aromatic rings. The Labute approximate surface area is 85.0 Å². The monoisotopic (exact) mass is 200 g/mol. The summed E-state index contributed by atoms with van der Waals surface area (Å²) in [7, 11) is 0. The fourth-order valence-corrected chi connectivity index (χ4v) is 1.49. The van der Waals surface area contributed by atoms with Crippen molar-refractivity contribution in [1.82, 2.24) is 4.57 Å². The molecule has 1 aromatic heterocycles. The van der Waals surface area contributed by atoms with Gasteiger partial charge < -0.3 is 5.73 Å². The molecule has 0 aliphatic heterocycles. The summed E-state index contributed by atoms with van der Waals surface area (Å²) in [6.07, 6.45) is 8.56. The number of aryl methyl sites for hydroxylation is 2. The van der Waals surface area contributed by atoms with Crippen molar-refractivity contribution in [2.75, 3.05) is 12.3 Å². The number of aromatic nitrogens is 2. The van der Waals surface area contributed by atoms with Crippen LogP contribution in [0.15, 0.2) is 18.7 Å². The molecule has 0 saturated carbocycles. The van der Waals surface area contributed by atoms with Crippen molar-refractivity contribution in [2.45, 2.75) is 25.9 Å². The van der Waals surface area contributed by atoms with Gasteiger partial charge in [0.15, 0.2) is 0 Å². The third-order valence-electron chi connectivity index (χ3n) is 1.97. The van der Waals surface area contributed by atoms with E-state index in [1.54, 1.807) is 0 Å². The van der Waals surface area contributed by atoms with E-state index in [1.807, 2.05) is 0 Å². The second-order valence-electron chi connectivity index (χ2n) is 3.11. The van der Waals surface area contributed by atoms with Gasteiger partial charge in [-0.15, -0.1) is 0 Å². The highest BCUT2D eigenvalue weighted by atomic mass is 32.1. The Kier molecular flexibility index (Phi) is 4.93. The molecule has 0 radical (unpaired) electrons. The number of rotatable bonds is 6. The van der Waals surface area contributed by atoms with Crippen LogP contribution in [0.2, 0.25) is 0 Å². The van der Waals surface area contributed by atoms with Gasteiger partial charge in [0, 0.05) is 5.75 Å². The van der Waals surface area contributed by atoms with E-state index in [4.69, 9.17) is 5.73 Å². The summed E-state index contributed by atoms with van der Waals surface area (Å²) in [5.74, 6) is 0.886. The maximum atomic E-state index is 5.42. The van der Waals surface area contributed by atoms with Gasteiger partial charge in [0.05, 0.1) is 13.1 Å². The smallest absolute Gasteiger partial charge is 0.243 e. The molecule has 0 spiro atoms. The second-order valence-corrected chi connectivity index (χ2v) is 3.56. The first-order chi connectivity index (χ1) is 6.36. The minimum Gasteiger partial charge on any atom is -0.330 e. The molecule has 3 nitrogen and oxygen atoms in total. The predicted molar refractivity (Wildman–Crippen MR) is 56.8 cm³/mol. The van der Waals surface area contributed by atoms with Crippen LogP contribution >= 0.6 is 12.6 Å². The summed E-state index contributed by atoms with van der Waals surface area (Å²) in [4.78, 5) is 0. The maximum Gasteiger partial charge on any atom is 0.243 e. The summed E-state index contributed by atoms with van der Waals surface area (Å²) in [5, 5.41) is 0. The summed E-state index contributed by atoms with van der Waals surface area (Å²) in [6, 6.07) is 0. The van der Waals surface area contributed by atoms with E-state index >= 15 is 0 Å². The van der Waals surface area contributed by atoms with Crippen molar-refractivity contribution in [3.63, 3.8) is 0 Å². The van der Waals surface area contributed by atoms with Crippen LogP contribution in [-0.2, 0) is 13.1 Å². The van der Waals surface area contributed by atoms with Crippen molar-refractivity contribution in [1.29, 1.82) is 0 Å². The van der Waals surface area contributed by atoms with E-state index in [0.717, 1.165) is 38.2 Å². The van der Waals surface area contributed by atoms with Crippen LogP contribution in [0.5, 0.6) is 0 Å². The molecule has 0 aromatic carbocycles. The molecule has 0 saturated heterocycles. The highest BCUT2D eigenvalue weighted by Gasteiger charge is 2.01. The van der Waals surface area contributed by atoms with Crippen molar-refractivity contribution in [3.05, 3.63) is 18.7 Å². The molecule has 4 heteroatoms.